The van der Waals surface area contributed by atoms with Crippen LogP contribution in [-0.4, -0.2) is 59.6 Å². The van der Waals surface area contributed by atoms with Gasteiger partial charge in [0.1, 0.15) is 0 Å². The average molecular weight is 581 g/mol. The molecule has 0 radical (unpaired) electrons. The summed E-state index contributed by atoms with van der Waals surface area (Å²) in [5, 5.41) is 4.71. The number of nitrogens with zero attached hydrogens (tertiary/aromatic N) is 2. The average Bonchev–Trinajstić information content (AvgIpc) is 2.82. The third-order valence-electron chi connectivity index (χ3n) is 5.48. The van der Waals surface area contributed by atoms with Crippen LogP contribution in [0.4, 0.5) is 32.0 Å². The van der Waals surface area contributed by atoms with Gasteiger partial charge in [0.05, 0.1) is 35.2 Å². The Morgan fingerprint density at radius 2 is 1.67 bits per heavy atom. The van der Waals surface area contributed by atoms with Crippen molar-refractivity contribution in [3.63, 3.8) is 0 Å². The van der Waals surface area contributed by atoms with Gasteiger partial charge in [-0.2, -0.15) is 26.3 Å². The van der Waals surface area contributed by atoms with E-state index >= 15 is 0 Å². The summed E-state index contributed by atoms with van der Waals surface area (Å²) >= 11 is 3.11. The number of halogens is 7. The zero-order valence-electron chi connectivity index (χ0n) is 18.3. The molecule has 3 amide bonds. The number of rotatable bonds is 5. The van der Waals surface area contributed by atoms with Crippen molar-refractivity contribution in [2.45, 2.75) is 18.8 Å². The van der Waals surface area contributed by atoms with Crippen molar-refractivity contribution in [2.24, 2.45) is 11.8 Å². The minimum atomic E-state index is -4.93. The number of nitrogens with one attached hydrogen (secondary N) is 2. The normalized spacial score (nSPS) is 18.5. The molecule has 7 nitrogen and oxygen atoms in total. The Labute approximate surface area is 209 Å². The quantitative estimate of drug-likeness (QED) is 0.512. The van der Waals surface area contributed by atoms with E-state index in [0.717, 1.165) is 0 Å². The summed E-state index contributed by atoms with van der Waals surface area (Å²) in [7, 11) is 0. The predicted octanol–water partition coefficient (Wildman–Crippen LogP) is 4.42. The van der Waals surface area contributed by atoms with Gasteiger partial charge in [0.2, 0.25) is 5.91 Å². The number of piperidine rings is 1. The third kappa shape index (κ3) is 6.95. The third-order valence-corrected chi connectivity index (χ3v) is 5.98. The van der Waals surface area contributed by atoms with Gasteiger partial charge in [-0.3, -0.25) is 19.4 Å². The van der Waals surface area contributed by atoms with Gasteiger partial charge < -0.3 is 15.5 Å². The van der Waals surface area contributed by atoms with E-state index in [0.29, 0.717) is 9.37 Å². The Hall–Kier alpha value is -3.16. The zero-order valence-corrected chi connectivity index (χ0v) is 19.9. The minimum Gasteiger partial charge on any atom is -0.343 e. The molecule has 2 atom stereocenters. The van der Waals surface area contributed by atoms with Crippen LogP contribution in [0.5, 0.6) is 0 Å². The topological polar surface area (TPSA) is 91.4 Å². The molecule has 0 bridgehead atoms. The van der Waals surface area contributed by atoms with Crippen LogP contribution in [-0.2, 0) is 4.79 Å². The first-order valence-corrected chi connectivity index (χ1v) is 11.3. The van der Waals surface area contributed by atoms with Crippen LogP contribution in [0.2, 0.25) is 0 Å². The Kier molecular flexibility index (Phi) is 8.26. The number of likely N-dealkylation sites (tertiary alicyclic amines) is 1. The van der Waals surface area contributed by atoms with E-state index in [1.807, 2.05) is 0 Å². The second kappa shape index (κ2) is 10.8. The molecule has 2 heterocycles. The molecular weight excluding hydrogens is 562 g/mol. The molecule has 0 unspecified atom stereocenters. The minimum absolute atomic E-state index is 0.137. The molecule has 1 aromatic heterocycles. The summed E-state index contributed by atoms with van der Waals surface area (Å²) < 4.78 is 80.2. The lowest BCUT2D eigenvalue weighted by Crippen LogP contribution is -2.51. The number of pyridine rings is 1. The van der Waals surface area contributed by atoms with Crippen LogP contribution in [0.25, 0.3) is 0 Å². The molecule has 14 heteroatoms. The van der Waals surface area contributed by atoms with Crippen molar-refractivity contribution < 1.29 is 40.7 Å². The van der Waals surface area contributed by atoms with Crippen LogP contribution in [0.15, 0.2) is 47.2 Å². The Morgan fingerprint density at radius 3 is 2.22 bits per heavy atom. The molecule has 1 fully saturated rings. The maximum Gasteiger partial charge on any atom is 0.393 e. The maximum absolute atomic E-state index is 13.3. The lowest BCUT2D eigenvalue weighted by molar-refractivity contribution is -0.226. The van der Waals surface area contributed by atoms with E-state index < -0.39 is 68.0 Å². The highest BCUT2D eigenvalue weighted by Gasteiger charge is 2.52. The van der Waals surface area contributed by atoms with Gasteiger partial charge in [-0.05, 0) is 36.8 Å². The zero-order chi connectivity index (χ0) is 26.7. The molecule has 1 aromatic carbocycles. The van der Waals surface area contributed by atoms with Crippen LogP contribution >= 0.6 is 15.9 Å². The molecule has 1 aliphatic rings. The lowest BCUT2D eigenvalue weighted by atomic mass is 9.87. The fourth-order valence-electron chi connectivity index (χ4n) is 3.67. The highest BCUT2D eigenvalue weighted by molar-refractivity contribution is 9.10. The second-order valence-corrected chi connectivity index (χ2v) is 9.00. The Bertz CT molecular complexity index is 1110. The van der Waals surface area contributed by atoms with Crippen molar-refractivity contribution in [2.75, 3.05) is 25.0 Å². The van der Waals surface area contributed by atoms with Gasteiger partial charge in [-0.25, -0.2) is 0 Å². The fraction of sp³-hybridized carbons (Fsp3) is 0.364. The monoisotopic (exact) mass is 580 g/mol. The largest absolute Gasteiger partial charge is 0.393 e. The molecule has 1 saturated heterocycles. The Morgan fingerprint density at radius 1 is 1.03 bits per heavy atom. The van der Waals surface area contributed by atoms with Crippen LogP contribution < -0.4 is 10.6 Å². The maximum atomic E-state index is 13.3. The number of amides is 3. The van der Waals surface area contributed by atoms with Crippen LogP contribution in [0.3, 0.4) is 0 Å². The molecule has 194 valence electrons. The molecule has 0 saturated carbocycles. The van der Waals surface area contributed by atoms with Gasteiger partial charge in [-0.15, -0.1) is 0 Å². The smallest absolute Gasteiger partial charge is 0.343 e. The SMILES string of the molecule is O=C(CNC(=O)c1cccnc1)Nc1ccc(Br)cc1C(=O)N1C[C@H](C(F)(F)F)C[C@H](C(F)(F)F)C1. The first-order valence-electron chi connectivity index (χ1n) is 10.5. The van der Waals surface area contributed by atoms with E-state index in [2.05, 4.69) is 31.5 Å². The number of carbonyl (C=O) groups excluding carboxylic acids is 3. The summed E-state index contributed by atoms with van der Waals surface area (Å²) in [6.45, 7) is -2.42. The summed E-state index contributed by atoms with van der Waals surface area (Å²) in [6.07, 6.45) is -8.30. The van der Waals surface area contributed by atoms with E-state index in [9.17, 15) is 40.7 Å². The molecule has 3 rings (SSSR count). The van der Waals surface area contributed by atoms with Crippen molar-refractivity contribution in [1.82, 2.24) is 15.2 Å². The van der Waals surface area contributed by atoms with E-state index in [1.165, 1.54) is 42.7 Å². The van der Waals surface area contributed by atoms with E-state index in [-0.39, 0.29) is 16.8 Å². The van der Waals surface area contributed by atoms with Gasteiger partial charge >= 0.3 is 12.4 Å². The summed E-state index contributed by atoms with van der Waals surface area (Å²) in [4.78, 5) is 41.8. The number of benzene rings is 1. The Balaban J connectivity index is 1.77. The summed E-state index contributed by atoms with van der Waals surface area (Å²) in [5.74, 6) is -7.18. The van der Waals surface area contributed by atoms with Gasteiger partial charge in [-0.1, -0.05) is 15.9 Å². The number of carbonyl (C=O) groups is 3. The molecule has 2 N–H and O–H groups in total. The number of anilines is 1. The van der Waals surface area contributed by atoms with Crippen molar-refractivity contribution in [3.8, 4) is 0 Å². The highest BCUT2D eigenvalue weighted by Crippen LogP contribution is 2.42. The summed E-state index contributed by atoms with van der Waals surface area (Å²) in [6, 6.07) is 6.86. The second-order valence-electron chi connectivity index (χ2n) is 8.09. The number of aromatic nitrogens is 1. The molecule has 0 aliphatic carbocycles. The summed E-state index contributed by atoms with van der Waals surface area (Å²) in [5.41, 5.74) is -0.255. The predicted molar refractivity (Wildman–Crippen MR) is 119 cm³/mol. The van der Waals surface area contributed by atoms with Crippen molar-refractivity contribution in [1.29, 1.82) is 0 Å². The van der Waals surface area contributed by atoms with E-state index in [1.54, 1.807) is 0 Å². The molecule has 2 aromatic rings. The fourth-order valence-corrected chi connectivity index (χ4v) is 4.03. The standard InChI is InChI=1S/C22H19BrF6N4O3/c23-15-3-4-17(32-18(34)9-31-19(35)12-2-1-5-30-8-12)16(7-15)20(36)33-10-13(21(24,25)26)6-14(11-33)22(27,28)29/h1-5,7-8,13-14H,6,9-11H2,(H,31,35)(H,32,34)/t13-,14+. The lowest BCUT2D eigenvalue weighted by Gasteiger charge is -2.39. The van der Waals surface area contributed by atoms with Crippen molar-refractivity contribution >= 4 is 39.3 Å². The number of hydrogen-bond donors (Lipinski definition) is 2. The van der Waals surface area contributed by atoms with Crippen LogP contribution in [0.1, 0.15) is 27.1 Å². The van der Waals surface area contributed by atoms with Gasteiger partial charge in [0.15, 0.2) is 0 Å². The first-order chi connectivity index (χ1) is 16.8. The van der Waals surface area contributed by atoms with Crippen molar-refractivity contribution in [3.05, 3.63) is 58.3 Å². The molecule has 1 aliphatic heterocycles. The number of alkyl halides is 6. The molecular formula is C22H19BrF6N4O3. The first kappa shape index (κ1) is 27.4. The van der Waals surface area contributed by atoms with Gasteiger partial charge in [0, 0.05) is 30.0 Å². The van der Waals surface area contributed by atoms with Crippen LogP contribution in [0, 0.1) is 11.8 Å². The number of hydrogen-bond acceptors (Lipinski definition) is 4. The van der Waals surface area contributed by atoms with Gasteiger partial charge in [0.25, 0.3) is 11.8 Å². The molecule has 36 heavy (non-hydrogen) atoms. The highest BCUT2D eigenvalue weighted by atomic mass is 79.9. The molecule has 0 spiro atoms. The van der Waals surface area contributed by atoms with E-state index in [4.69, 9.17) is 0 Å².